The summed E-state index contributed by atoms with van der Waals surface area (Å²) in [4.78, 5) is 0.171. The molecule has 1 aromatic carbocycles. The van der Waals surface area contributed by atoms with Gasteiger partial charge in [-0.25, -0.2) is 8.42 Å². The van der Waals surface area contributed by atoms with Gasteiger partial charge in [0.1, 0.15) is 10.6 Å². The fourth-order valence-corrected chi connectivity index (χ4v) is 3.86. The molecule has 1 aromatic heterocycles. The van der Waals surface area contributed by atoms with E-state index < -0.39 is 10.0 Å². The fourth-order valence-electron chi connectivity index (χ4n) is 2.34. The van der Waals surface area contributed by atoms with Crippen molar-refractivity contribution in [2.75, 3.05) is 11.8 Å². The molecule has 2 rings (SSSR count). The number of hydrogen-bond acceptors (Lipinski definition) is 4. The van der Waals surface area contributed by atoms with Crippen molar-refractivity contribution in [3.8, 4) is 5.75 Å². The molecule has 0 fully saturated rings. The molecule has 0 aliphatic carbocycles. The first-order valence-electron chi connectivity index (χ1n) is 6.46. The lowest BCUT2D eigenvalue weighted by atomic mass is 10.1. The van der Waals surface area contributed by atoms with Crippen molar-refractivity contribution in [3.63, 3.8) is 0 Å². The zero-order chi connectivity index (χ0) is 15.8. The number of rotatable bonds is 4. The molecule has 114 valence electrons. The molecule has 0 bridgehead atoms. The molecule has 0 spiro atoms. The first-order valence-corrected chi connectivity index (χ1v) is 7.94. The Morgan fingerprint density at radius 2 is 1.86 bits per heavy atom. The van der Waals surface area contributed by atoms with Gasteiger partial charge in [0, 0.05) is 0 Å². The fraction of sp³-hybridized carbons (Fsp3) is 0.357. The van der Waals surface area contributed by atoms with Gasteiger partial charge in [0.05, 0.1) is 24.2 Å². The predicted octanol–water partition coefficient (Wildman–Crippen LogP) is 2.45. The Morgan fingerprint density at radius 1 is 1.19 bits per heavy atom. The Hall–Kier alpha value is -2.02. The molecule has 0 unspecified atom stereocenters. The van der Waals surface area contributed by atoms with Crippen LogP contribution in [0.3, 0.4) is 0 Å². The van der Waals surface area contributed by atoms with Crippen LogP contribution >= 0.6 is 0 Å². The Bertz CT molecular complexity index is 760. The Balaban J connectivity index is 2.52. The second kappa shape index (κ2) is 5.40. The maximum absolute atomic E-state index is 12.6. The summed E-state index contributed by atoms with van der Waals surface area (Å²) in [5.74, 6) is 0.495. The van der Waals surface area contributed by atoms with Crippen molar-refractivity contribution in [1.82, 2.24) is 10.2 Å². The summed E-state index contributed by atoms with van der Waals surface area (Å²) < 4.78 is 33.1. The smallest absolute Gasteiger partial charge is 0.265 e. The molecule has 7 heteroatoms. The maximum atomic E-state index is 12.6. The molecule has 0 radical (unpaired) electrons. The number of aromatic nitrogens is 2. The van der Waals surface area contributed by atoms with Crippen molar-refractivity contribution < 1.29 is 13.2 Å². The van der Waals surface area contributed by atoms with E-state index in [9.17, 15) is 8.42 Å². The maximum Gasteiger partial charge on any atom is 0.265 e. The van der Waals surface area contributed by atoms with E-state index in [1.165, 1.54) is 7.11 Å². The van der Waals surface area contributed by atoms with Gasteiger partial charge in [0.2, 0.25) is 0 Å². The van der Waals surface area contributed by atoms with Gasteiger partial charge < -0.3 is 4.74 Å². The number of anilines is 1. The topological polar surface area (TPSA) is 84.1 Å². The summed E-state index contributed by atoms with van der Waals surface area (Å²) in [6.45, 7) is 7.09. The summed E-state index contributed by atoms with van der Waals surface area (Å²) in [5, 5.41) is 6.61. The normalized spacial score (nSPS) is 11.5. The van der Waals surface area contributed by atoms with Crippen LogP contribution in [0.1, 0.15) is 22.5 Å². The molecule has 21 heavy (non-hydrogen) atoms. The summed E-state index contributed by atoms with van der Waals surface area (Å²) in [6, 6.07) is 3.69. The van der Waals surface area contributed by atoms with Crippen LogP contribution in [-0.4, -0.2) is 25.7 Å². The third-order valence-electron chi connectivity index (χ3n) is 3.23. The number of nitrogens with zero attached hydrogens (tertiary/aromatic N) is 1. The van der Waals surface area contributed by atoms with E-state index in [0.29, 0.717) is 22.8 Å². The van der Waals surface area contributed by atoms with Crippen LogP contribution in [0.25, 0.3) is 0 Å². The summed E-state index contributed by atoms with van der Waals surface area (Å²) in [5.41, 5.74) is 3.19. The summed E-state index contributed by atoms with van der Waals surface area (Å²) in [6.07, 6.45) is 0. The third-order valence-corrected chi connectivity index (χ3v) is 4.84. The molecule has 0 aliphatic heterocycles. The molecule has 0 saturated carbocycles. The second-order valence-corrected chi connectivity index (χ2v) is 6.65. The van der Waals surface area contributed by atoms with Crippen molar-refractivity contribution in [1.29, 1.82) is 0 Å². The van der Waals surface area contributed by atoms with Gasteiger partial charge in [-0.15, -0.1) is 0 Å². The summed E-state index contributed by atoms with van der Waals surface area (Å²) >= 11 is 0. The predicted molar refractivity (Wildman–Crippen MR) is 81.3 cm³/mol. The molecule has 0 saturated heterocycles. The molecular formula is C14H19N3O3S. The largest absolute Gasteiger partial charge is 0.495 e. The van der Waals surface area contributed by atoms with Crippen molar-refractivity contribution in [3.05, 3.63) is 34.6 Å². The van der Waals surface area contributed by atoms with Crippen LogP contribution in [0, 0.1) is 27.7 Å². The first-order chi connectivity index (χ1) is 9.76. The summed E-state index contributed by atoms with van der Waals surface area (Å²) in [7, 11) is -2.21. The minimum atomic E-state index is -3.72. The number of sulfonamides is 1. The molecule has 2 aromatic rings. The molecular weight excluding hydrogens is 290 g/mol. The van der Waals surface area contributed by atoms with E-state index in [1.807, 2.05) is 19.9 Å². The number of aryl methyl sites for hydroxylation is 4. The second-order valence-electron chi connectivity index (χ2n) is 5.03. The van der Waals surface area contributed by atoms with Gasteiger partial charge in [0.15, 0.2) is 0 Å². The molecule has 0 aliphatic rings. The quantitative estimate of drug-likeness (QED) is 0.908. The number of H-pyrrole nitrogens is 1. The van der Waals surface area contributed by atoms with E-state index in [1.54, 1.807) is 19.9 Å². The highest BCUT2D eigenvalue weighted by Crippen LogP contribution is 2.32. The lowest BCUT2D eigenvalue weighted by Gasteiger charge is -2.15. The number of ether oxygens (including phenoxy) is 1. The highest BCUT2D eigenvalue weighted by atomic mass is 32.2. The Labute approximate surface area is 124 Å². The third kappa shape index (κ3) is 2.87. The number of methoxy groups -OCH3 is 1. The highest BCUT2D eigenvalue weighted by molar-refractivity contribution is 7.92. The molecule has 0 amide bonds. The van der Waals surface area contributed by atoms with Crippen LogP contribution in [0.2, 0.25) is 0 Å². The van der Waals surface area contributed by atoms with Gasteiger partial charge in [-0.3, -0.25) is 9.82 Å². The van der Waals surface area contributed by atoms with Gasteiger partial charge in [-0.05, 0) is 44.9 Å². The van der Waals surface area contributed by atoms with Gasteiger partial charge in [-0.2, -0.15) is 5.10 Å². The average molecular weight is 309 g/mol. The van der Waals surface area contributed by atoms with Crippen molar-refractivity contribution in [2.24, 2.45) is 0 Å². The minimum Gasteiger partial charge on any atom is -0.495 e. The molecule has 0 atom stereocenters. The van der Waals surface area contributed by atoms with Gasteiger partial charge in [0.25, 0.3) is 10.0 Å². The number of benzene rings is 1. The highest BCUT2D eigenvalue weighted by Gasteiger charge is 2.24. The minimum absolute atomic E-state index is 0.171. The van der Waals surface area contributed by atoms with E-state index in [0.717, 1.165) is 11.1 Å². The number of nitrogens with one attached hydrogen (secondary N) is 2. The molecule has 2 N–H and O–H groups in total. The SMILES string of the molecule is COc1cc(C)cc(C)c1NS(=O)(=O)c1c(C)n[nH]c1C. The number of hydrogen-bond donors (Lipinski definition) is 2. The van der Waals surface area contributed by atoms with E-state index in [2.05, 4.69) is 14.9 Å². The van der Waals surface area contributed by atoms with Crippen LogP contribution in [0.4, 0.5) is 5.69 Å². The zero-order valence-electron chi connectivity index (χ0n) is 12.7. The lowest BCUT2D eigenvalue weighted by Crippen LogP contribution is -2.16. The van der Waals surface area contributed by atoms with Crippen molar-refractivity contribution in [2.45, 2.75) is 32.6 Å². The van der Waals surface area contributed by atoms with Gasteiger partial charge >= 0.3 is 0 Å². The Kier molecular flexibility index (Phi) is 3.95. The van der Waals surface area contributed by atoms with Gasteiger partial charge in [-0.1, -0.05) is 6.07 Å². The average Bonchev–Trinajstić information content (AvgIpc) is 2.72. The van der Waals surface area contributed by atoms with Crippen LogP contribution < -0.4 is 9.46 Å². The Morgan fingerprint density at radius 3 is 2.38 bits per heavy atom. The van der Waals surface area contributed by atoms with Crippen molar-refractivity contribution >= 4 is 15.7 Å². The van der Waals surface area contributed by atoms with E-state index in [-0.39, 0.29) is 4.90 Å². The van der Waals surface area contributed by atoms with Crippen LogP contribution in [0.5, 0.6) is 5.75 Å². The standard InChI is InChI=1S/C14H19N3O3S/c1-8-6-9(2)13(12(7-8)20-5)17-21(18,19)14-10(3)15-16-11(14)4/h6-7,17H,1-5H3,(H,15,16). The van der Waals surface area contributed by atoms with E-state index in [4.69, 9.17) is 4.74 Å². The number of aromatic amines is 1. The lowest BCUT2D eigenvalue weighted by molar-refractivity contribution is 0.416. The van der Waals surface area contributed by atoms with E-state index >= 15 is 0 Å². The monoisotopic (exact) mass is 309 g/mol. The van der Waals surface area contributed by atoms with Crippen LogP contribution in [-0.2, 0) is 10.0 Å². The first kappa shape index (κ1) is 15.4. The molecule has 1 heterocycles. The zero-order valence-corrected chi connectivity index (χ0v) is 13.6. The van der Waals surface area contributed by atoms with Crippen LogP contribution in [0.15, 0.2) is 17.0 Å². The molecule has 6 nitrogen and oxygen atoms in total.